The first kappa shape index (κ1) is 14.1. The van der Waals surface area contributed by atoms with Crippen LogP contribution in [0.3, 0.4) is 0 Å². The van der Waals surface area contributed by atoms with E-state index in [-0.39, 0.29) is 11.8 Å². The summed E-state index contributed by atoms with van der Waals surface area (Å²) in [6.07, 6.45) is 2.31. The molecule has 0 aliphatic heterocycles. The number of carbonyl (C=O) groups excluding carboxylic acids is 2. The van der Waals surface area contributed by atoms with Gasteiger partial charge in [0.1, 0.15) is 0 Å². The van der Waals surface area contributed by atoms with E-state index in [1.165, 1.54) is 0 Å². The first-order valence-electron chi connectivity index (χ1n) is 4.97. The standard InChI is InChI=1S/C11H13BrN2O2S/c1-17-7-6-10(15)13-14-11(16)8-2-4-9(12)5-3-8/h2-5H,6-7H2,1H3,(H,13,15)(H,14,16). The Morgan fingerprint density at radius 3 is 2.47 bits per heavy atom. The second-order valence-corrected chi connectivity index (χ2v) is 5.15. The van der Waals surface area contributed by atoms with Crippen LogP contribution < -0.4 is 10.9 Å². The average Bonchev–Trinajstić information content (AvgIpc) is 2.34. The Morgan fingerprint density at radius 1 is 1.24 bits per heavy atom. The Bertz CT molecular complexity index is 395. The number of benzene rings is 1. The first-order chi connectivity index (χ1) is 8.13. The van der Waals surface area contributed by atoms with Crippen LogP contribution >= 0.6 is 27.7 Å². The van der Waals surface area contributed by atoms with Gasteiger partial charge in [-0.2, -0.15) is 11.8 Å². The topological polar surface area (TPSA) is 58.2 Å². The van der Waals surface area contributed by atoms with Crippen LogP contribution in [0.15, 0.2) is 28.7 Å². The third kappa shape index (κ3) is 5.23. The van der Waals surface area contributed by atoms with E-state index in [1.807, 2.05) is 6.26 Å². The molecule has 17 heavy (non-hydrogen) atoms. The Labute approximate surface area is 113 Å². The molecule has 0 saturated heterocycles. The van der Waals surface area contributed by atoms with Crippen LogP contribution in [0.1, 0.15) is 16.8 Å². The maximum Gasteiger partial charge on any atom is 0.269 e. The van der Waals surface area contributed by atoms with Crippen molar-refractivity contribution in [2.45, 2.75) is 6.42 Å². The summed E-state index contributed by atoms with van der Waals surface area (Å²) in [6.45, 7) is 0. The van der Waals surface area contributed by atoms with Gasteiger partial charge >= 0.3 is 0 Å². The number of hydrazine groups is 1. The number of amides is 2. The van der Waals surface area contributed by atoms with Crippen LogP contribution in [-0.2, 0) is 4.79 Å². The zero-order chi connectivity index (χ0) is 12.7. The van der Waals surface area contributed by atoms with Gasteiger partial charge in [-0.15, -0.1) is 0 Å². The summed E-state index contributed by atoms with van der Waals surface area (Å²) in [4.78, 5) is 22.8. The maximum atomic E-state index is 11.6. The molecule has 0 saturated carbocycles. The van der Waals surface area contributed by atoms with Crippen molar-refractivity contribution in [3.05, 3.63) is 34.3 Å². The van der Waals surface area contributed by atoms with Crippen molar-refractivity contribution in [1.29, 1.82) is 0 Å². The minimum absolute atomic E-state index is 0.190. The Kier molecular flexibility index (Phi) is 6.07. The smallest absolute Gasteiger partial charge is 0.269 e. The van der Waals surface area contributed by atoms with Gasteiger partial charge in [-0.3, -0.25) is 20.4 Å². The van der Waals surface area contributed by atoms with Crippen molar-refractivity contribution < 1.29 is 9.59 Å². The quantitative estimate of drug-likeness (QED) is 0.835. The third-order valence-corrected chi connectivity index (χ3v) is 3.10. The van der Waals surface area contributed by atoms with Gasteiger partial charge in [0.05, 0.1) is 0 Å². The molecule has 0 aromatic heterocycles. The van der Waals surface area contributed by atoms with Gasteiger partial charge in [-0.05, 0) is 30.5 Å². The van der Waals surface area contributed by atoms with E-state index in [0.717, 1.165) is 10.2 Å². The highest BCUT2D eigenvalue weighted by molar-refractivity contribution is 9.10. The molecule has 0 radical (unpaired) electrons. The average molecular weight is 317 g/mol. The summed E-state index contributed by atoms with van der Waals surface area (Å²) in [5, 5.41) is 0. The molecule has 0 atom stereocenters. The number of rotatable bonds is 4. The van der Waals surface area contributed by atoms with E-state index < -0.39 is 0 Å². The van der Waals surface area contributed by atoms with Gasteiger partial charge in [0, 0.05) is 22.2 Å². The highest BCUT2D eigenvalue weighted by Crippen LogP contribution is 2.10. The van der Waals surface area contributed by atoms with Crippen LogP contribution in [0.5, 0.6) is 0 Å². The minimum Gasteiger partial charge on any atom is -0.273 e. The number of thioether (sulfide) groups is 1. The predicted molar refractivity (Wildman–Crippen MR) is 72.7 cm³/mol. The van der Waals surface area contributed by atoms with E-state index in [2.05, 4.69) is 26.8 Å². The zero-order valence-corrected chi connectivity index (χ0v) is 11.7. The van der Waals surface area contributed by atoms with Gasteiger partial charge < -0.3 is 0 Å². The van der Waals surface area contributed by atoms with E-state index in [4.69, 9.17) is 0 Å². The fourth-order valence-electron chi connectivity index (χ4n) is 1.06. The lowest BCUT2D eigenvalue weighted by Crippen LogP contribution is -2.41. The fourth-order valence-corrected chi connectivity index (χ4v) is 1.71. The number of carbonyl (C=O) groups is 2. The summed E-state index contributed by atoms with van der Waals surface area (Å²) < 4.78 is 0.901. The summed E-state index contributed by atoms with van der Waals surface area (Å²) in [6, 6.07) is 6.88. The van der Waals surface area contributed by atoms with Gasteiger partial charge in [0.2, 0.25) is 5.91 Å². The molecule has 0 aliphatic rings. The van der Waals surface area contributed by atoms with Crippen molar-refractivity contribution in [1.82, 2.24) is 10.9 Å². The summed E-state index contributed by atoms with van der Waals surface area (Å²) >= 11 is 4.86. The van der Waals surface area contributed by atoms with Gasteiger partial charge in [-0.25, -0.2) is 0 Å². The highest BCUT2D eigenvalue weighted by atomic mass is 79.9. The highest BCUT2D eigenvalue weighted by Gasteiger charge is 2.06. The lowest BCUT2D eigenvalue weighted by Gasteiger charge is -2.06. The second-order valence-electron chi connectivity index (χ2n) is 3.25. The molecule has 92 valence electrons. The van der Waals surface area contributed by atoms with E-state index in [0.29, 0.717) is 12.0 Å². The lowest BCUT2D eigenvalue weighted by atomic mass is 10.2. The monoisotopic (exact) mass is 316 g/mol. The molecule has 0 bridgehead atoms. The molecule has 0 unspecified atom stereocenters. The number of nitrogens with one attached hydrogen (secondary N) is 2. The summed E-state index contributed by atoms with van der Waals surface area (Å²) in [5.41, 5.74) is 5.23. The minimum atomic E-state index is -0.324. The van der Waals surface area contributed by atoms with Crippen LogP contribution in [0.25, 0.3) is 0 Å². The van der Waals surface area contributed by atoms with Gasteiger partial charge in [-0.1, -0.05) is 15.9 Å². The number of halogens is 1. The summed E-state index contributed by atoms with van der Waals surface area (Å²) in [5.74, 6) is 0.222. The van der Waals surface area contributed by atoms with E-state index >= 15 is 0 Å². The molecule has 1 aromatic rings. The van der Waals surface area contributed by atoms with Crippen LogP contribution in [0.4, 0.5) is 0 Å². The normalized spacial score (nSPS) is 9.76. The largest absolute Gasteiger partial charge is 0.273 e. The van der Waals surface area contributed by atoms with E-state index in [9.17, 15) is 9.59 Å². The molecule has 6 heteroatoms. The number of hydrogen-bond acceptors (Lipinski definition) is 3. The molecule has 2 N–H and O–H groups in total. The van der Waals surface area contributed by atoms with Gasteiger partial charge in [0.25, 0.3) is 5.91 Å². The predicted octanol–water partition coefficient (Wildman–Crippen LogP) is 1.96. The Morgan fingerprint density at radius 2 is 1.88 bits per heavy atom. The Hall–Kier alpha value is -1.01. The van der Waals surface area contributed by atoms with Crippen LogP contribution in [0.2, 0.25) is 0 Å². The first-order valence-corrected chi connectivity index (χ1v) is 7.16. The fraction of sp³-hybridized carbons (Fsp3) is 0.273. The van der Waals surface area contributed by atoms with Crippen molar-refractivity contribution in [2.75, 3.05) is 12.0 Å². The van der Waals surface area contributed by atoms with Gasteiger partial charge in [0.15, 0.2) is 0 Å². The molecule has 0 heterocycles. The van der Waals surface area contributed by atoms with Crippen molar-refractivity contribution in [3.8, 4) is 0 Å². The SMILES string of the molecule is CSCCC(=O)NNC(=O)c1ccc(Br)cc1. The van der Waals surface area contributed by atoms with Crippen molar-refractivity contribution in [2.24, 2.45) is 0 Å². The second kappa shape index (κ2) is 7.34. The lowest BCUT2D eigenvalue weighted by molar-refractivity contribution is -0.121. The van der Waals surface area contributed by atoms with Crippen molar-refractivity contribution in [3.63, 3.8) is 0 Å². The Balaban J connectivity index is 2.39. The van der Waals surface area contributed by atoms with Crippen LogP contribution in [0, 0.1) is 0 Å². The molecule has 0 fully saturated rings. The molecule has 1 aromatic carbocycles. The van der Waals surface area contributed by atoms with E-state index in [1.54, 1.807) is 36.0 Å². The van der Waals surface area contributed by atoms with Crippen LogP contribution in [-0.4, -0.2) is 23.8 Å². The maximum absolute atomic E-state index is 11.6. The molecule has 4 nitrogen and oxygen atoms in total. The molecule has 0 aliphatic carbocycles. The third-order valence-electron chi connectivity index (χ3n) is 1.96. The zero-order valence-electron chi connectivity index (χ0n) is 9.33. The summed E-state index contributed by atoms with van der Waals surface area (Å²) in [7, 11) is 0. The molecule has 2 amide bonds. The molecular weight excluding hydrogens is 304 g/mol. The molecular formula is C11H13BrN2O2S. The molecule has 0 spiro atoms. The number of hydrogen-bond donors (Lipinski definition) is 2. The molecule has 1 rings (SSSR count). The van der Waals surface area contributed by atoms with Crippen molar-refractivity contribution >= 4 is 39.5 Å².